The summed E-state index contributed by atoms with van der Waals surface area (Å²) in [6, 6.07) is 0. The largest absolute Gasteiger partial charge is 0.296 e. The first-order valence-electron chi connectivity index (χ1n) is 4.79. The number of ketones is 1. The molecule has 0 unspecified atom stereocenters. The fourth-order valence-corrected chi connectivity index (χ4v) is 4.15. The zero-order chi connectivity index (χ0) is 9.85. The lowest BCUT2D eigenvalue weighted by Gasteiger charge is -2.56. The summed E-state index contributed by atoms with van der Waals surface area (Å²) in [5, 5.41) is 0. The first-order valence-corrected chi connectivity index (χ1v) is 5.55. The molecule has 2 fully saturated rings. The summed E-state index contributed by atoms with van der Waals surface area (Å²) < 4.78 is -1.09. The Morgan fingerprint density at radius 1 is 1.38 bits per heavy atom. The van der Waals surface area contributed by atoms with Gasteiger partial charge in [0.2, 0.25) is 0 Å². The third-order valence-electron chi connectivity index (χ3n) is 3.64. The van der Waals surface area contributed by atoms with Crippen molar-refractivity contribution >= 4 is 29.0 Å². The Bertz CT molecular complexity index is 258. The van der Waals surface area contributed by atoms with Crippen LogP contribution >= 0.6 is 23.2 Å². The van der Waals surface area contributed by atoms with Crippen LogP contribution in [0.15, 0.2) is 0 Å². The quantitative estimate of drug-likeness (QED) is 0.574. The molecule has 3 heteroatoms. The summed E-state index contributed by atoms with van der Waals surface area (Å²) in [6.45, 7) is 4.32. The van der Waals surface area contributed by atoms with Crippen LogP contribution in [0.2, 0.25) is 0 Å². The zero-order valence-electron chi connectivity index (χ0n) is 7.94. The lowest BCUT2D eigenvalue weighted by atomic mass is 9.53. The number of hydrogen-bond donors (Lipinski definition) is 0. The third-order valence-corrected chi connectivity index (χ3v) is 4.48. The van der Waals surface area contributed by atoms with Crippen molar-refractivity contribution in [2.24, 2.45) is 17.3 Å². The molecular formula is C10H14Cl2O. The van der Waals surface area contributed by atoms with Gasteiger partial charge in [-0.2, -0.15) is 0 Å². The number of carbonyl (C=O) groups excluding carboxylic acids is 1. The van der Waals surface area contributed by atoms with E-state index in [4.69, 9.17) is 23.2 Å². The van der Waals surface area contributed by atoms with Crippen LogP contribution in [0.1, 0.15) is 33.1 Å². The second-order valence-electron chi connectivity index (χ2n) is 4.95. The molecule has 2 saturated carbocycles. The molecule has 0 aliphatic heterocycles. The number of fused-ring (bicyclic) bond motifs is 1. The van der Waals surface area contributed by atoms with Crippen molar-refractivity contribution in [3.8, 4) is 0 Å². The molecule has 0 amide bonds. The van der Waals surface area contributed by atoms with E-state index in [0.717, 1.165) is 19.3 Å². The highest BCUT2D eigenvalue weighted by molar-refractivity contribution is 6.60. The molecule has 0 N–H and O–H groups in total. The Balaban J connectivity index is 2.29. The van der Waals surface area contributed by atoms with Crippen molar-refractivity contribution in [1.82, 2.24) is 0 Å². The molecule has 0 saturated heterocycles. The lowest BCUT2D eigenvalue weighted by Crippen LogP contribution is -2.63. The standard InChI is InChI=1S/C10H14Cl2O/c1-9(2)5-3-4-6-7(9)10(11,12)8(6)13/h6-7H,3-5H2,1-2H3/t6-,7-/m1/s1. The lowest BCUT2D eigenvalue weighted by molar-refractivity contribution is -0.145. The number of rotatable bonds is 0. The van der Waals surface area contributed by atoms with Crippen LogP contribution in [-0.2, 0) is 4.79 Å². The van der Waals surface area contributed by atoms with Gasteiger partial charge in [0.1, 0.15) is 0 Å². The summed E-state index contributed by atoms with van der Waals surface area (Å²) in [6.07, 6.45) is 3.24. The fraction of sp³-hybridized carbons (Fsp3) is 0.900. The summed E-state index contributed by atoms with van der Waals surface area (Å²) in [5.41, 5.74) is 0.125. The van der Waals surface area contributed by atoms with Crippen LogP contribution in [0, 0.1) is 17.3 Å². The summed E-state index contributed by atoms with van der Waals surface area (Å²) >= 11 is 12.1. The van der Waals surface area contributed by atoms with Gasteiger partial charge in [0, 0.05) is 11.8 Å². The average Bonchev–Trinajstić information content (AvgIpc) is 2.01. The maximum absolute atomic E-state index is 11.5. The predicted molar refractivity (Wildman–Crippen MR) is 54.1 cm³/mol. The molecule has 2 rings (SSSR count). The molecule has 0 bridgehead atoms. The molecule has 1 nitrogen and oxygen atoms in total. The van der Waals surface area contributed by atoms with Gasteiger partial charge in [-0.15, -0.1) is 0 Å². The van der Waals surface area contributed by atoms with Crippen LogP contribution < -0.4 is 0 Å². The average molecular weight is 221 g/mol. The van der Waals surface area contributed by atoms with Crippen molar-refractivity contribution in [2.45, 2.75) is 37.4 Å². The van der Waals surface area contributed by atoms with Gasteiger partial charge in [0.15, 0.2) is 10.1 Å². The Labute approximate surface area is 88.8 Å². The predicted octanol–water partition coefficient (Wildman–Crippen LogP) is 3.19. The van der Waals surface area contributed by atoms with E-state index in [1.54, 1.807) is 0 Å². The second kappa shape index (κ2) is 2.64. The van der Waals surface area contributed by atoms with Crippen LogP contribution in [0.5, 0.6) is 0 Å². The maximum atomic E-state index is 11.5. The van der Waals surface area contributed by atoms with Crippen molar-refractivity contribution in [3.63, 3.8) is 0 Å². The normalized spacial score (nSPS) is 40.8. The maximum Gasteiger partial charge on any atom is 0.180 e. The van der Waals surface area contributed by atoms with E-state index in [2.05, 4.69) is 13.8 Å². The van der Waals surface area contributed by atoms with Crippen LogP contribution in [0.4, 0.5) is 0 Å². The summed E-state index contributed by atoms with van der Waals surface area (Å²) in [7, 11) is 0. The number of carbonyl (C=O) groups is 1. The Kier molecular flexibility index (Phi) is 1.99. The van der Waals surface area contributed by atoms with Gasteiger partial charge in [0.25, 0.3) is 0 Å². The van der Waals surface area contributed by atoms with Gasteiger partial charge >= 0.3 is 0 Å². The molecule has 13 heavy (non-hydrogen) atoms. The molecular weight excluding hydrogens is 207 g/mol. The van der Waals surface area contributed by atoms with Gasteiger partial charge in [-0.3, -0.25) is 4.79 Å². The molecule has 2 atom stereocenters. The fourth-order valence-electron chi connectivity index (χ4n) is 2.97. The molecule has 0 aromatic heterocycles. The molecule has 2 aliphatic carbocycles. The van der Waals surface area contributed by atoms with Gasteiger partial charge in [-0.05, 0) is 18.3 Å². The zero-order valence-corrected chi connectivity index (χ0v) is 9.45. The Morgan fingerprint density at radius 3 is 2.54 bits per heavy atom. The molecule has 0 spiro atoms. The Morgan fingerprint density at radius 2 is 2.00 bits per heavy atom. The molecule has 74 valence electrons. The highest BCUT2D eigenvalue weighted by Crippen LogP contribution is 2.61. The van der Waals surface area contributed by atoms with E-state index < -0.39 is 4.33 Å². The molecule has 0 aromatic rings. The number of alkyl halides is 2. The van der Waals surface area contributed by atoms with E-state index in [0.29, 0.717) is 0 Å². The van der Waals surface area contributed by atoms with E-state index in [-0.39, 0.29) is 23.0 Å². The van der Waals surface area contributed by atoms with Gasteiger partial charge in [0.05, 0.1) is 0 Å². The van der Waals surface area contributed by atoms with Crippen LogP contribution in [-0.4, -0.2) is 10.1 Å². The van der Waals surface area contributed by atoms with Gasteiger partial charge < -0.3 is 0 Å². The van der Waals surface area contributed by atoms with Crippen LogP contribution in [0.3, 0.4) is 0 Å². The van der Waals surface area contributed by atoms with Crippen molar-refractivity contribution in [2.75, 3.05) is 0 Å². The van der Waals surface area contributed by atoms with Crippen molar-refractivity contribution in [3.05, 3.63) is 0 Å². The minimum atomic E-state index is -1.09. The van der Waals surface area contributed by atoms with E-state index in [1.807, 2.05) is 0 Å². The summed E-state index contributed by atoms with van der Waals surface area (Å²) in [4.78, 5) is 11.5. The number of halogens is 2. The van der Waals surface area contributed by atoms with Gasteiger partial charge in [-0.25, -0.2) is 0 Å². The van der Waals surface area contributed by atoms with Crippen LogP contribution in [0.25, 0.3) is 0 Å². The molecule has 0 radical (unpaired) electrons. The first-order chi connectivity index (χ1) is 5.87. The minimum Gasteiger partial charge on any atom is -0.296 e. The molecule has 0 heterocycles. The third kappa shape index (κ3) is 1.16. The monoisotopic (exact) mass is 220 g/mol. The van der Waals surface area contributed by atoms with Gasteiger partial charge in [-0.1, -0.05) is 43.5 Å². The molecule has 2 aliphatic rings. The topological polar surface area (TPSA) is 17.1 Å². The van der Waals surface area contributed by atoms with E-state index in [1.165, 1.54) is 0 Å². The smallest absolute Gasteiger partial charge is 0.180 e. The van der Waals surface area contributed by atoms with E-state index >= 15 is 0 Å². The second-order valence-corrected chi connectivity index (χ2v) is 6.34. The number of hydrogen-bond acceptors (Lipinski definition) is 1. The molecule has 0 aromatic carbocycles. The first kappa shape index (κ1) is 9.79. The van der Waals surface area contributed by atoms with Crippen molar-refractivity contribution in [1.29, 1.82) is 0 Å². The highest BCUT2D eigenvalue weighted by Gasteiger charge is 2.65. The highest BCUT2D eigenvalue weighted by atomic mass is 35.5. The SMILES string of the molecule is CC1(C)CCC[C@H]2C(=O)C(Cl)(Cl)[C@H]21. The summed E-state index contributed by atoms with van der Waals surface area (Å²) in [5.74, 6) is 0.358. The minimum absolute atomic E-state index is 0.0496. The number of Topliss-reactive ketones (excluding diaryl/α,β-unsaturated/α-hetero) is 1. The van der Waals surface area contributed by atoms with E-state index in [9.17, 15) is 4.79 Å². The Hall–Kier alpha value is 0.250. The van der Waals surface area contributed by atoms with Crippen molar-refractivity contribution < 1.29 is 4.79 Å².